The lowest BCUT2D eigenvalue weighted by molar-refractivity contribution is 0.0416. The molecule has 24 heavy (non-hydrogen) atoms. The maximum absolute atomic E-state index is 13.9. The normalized spacial score (nSPS) is 20.1. The first-order chi connectivity index (χ1) is 11.5. The molecule has 1 fully saturated rings. The van der Waals surface area contributed by atoms with Gasteiger partial charge in [-0.3, -0.25) is 0 Å². The zero-order chi connectivity index (χ0) is 17.1. The fourth-order valence-corrected chi connectivity index (χ4v) is 3.27. The third-order valence-corrected chi connectivity index (χ3v) is 4.81. The van der Waals surface area contributed by atoms with Crippen LogP contribution in [0.3, 0.4) is 0 Å². The van der Waals surface area contributed by atoms with Gasteiger partial charge in [-0.1, -0.05) is 31.9 Å². The molecule has 126 valence electrons. The summed E-state index contributed by atoms with van der Waals surface area (Å²) in [4.78, 5) is 12.3. The third kappa shape index (κ3) is 3.64. The van der Waals surface area contributed by atoms with Crippen LogP contribution in [0, 0.1) is 23.5 Å². The molecule has 1 saturated carbocycles. The van der Waals surface area contributed by atoms with Gasteiger partial charge in [-0.2, -0.15) is 0 Å². The summed E-state index contributed by atoms with van der Waals surface area (Å²) >= 11 is 0. The molecule has 0 spiro atoms. The molecule has 2 aromatic carbocycles. The summed E-state index contributed by atoms with van der Waals surface area (Å²) in [5, 5.41) is 0. The maximum atomic E-state index is 13.9. The van der Waals surface area contributed by atoms with Crippen LogP contribution >= 0.6 is 0 Å². The lowest BCUT2D eigenvalue weighted by atomic mass is 9.99. The second-order valence-corrected chi connectivity index (χ2v) is 6.47. The smallest absolute Gasteiger partial charge is 0.338 e. The predicted octanol–water partition coefficient (Wildman–Crippen LogP) is 5.22. The Morgan fingerprint density at radius 2 is 2.00 bits per heavy atom. The summed E-state index contributed by atoms with van der Waals surface area (Å²) in [6.45, 7) is 2.61. The molecule has 2 unspecified atom stereocenters. The Balaban J connectivity index is 1.73. The lowest BCUT2D eigenvalue weighted by Crippen LogP contribution is -2.16. The van der Waals surface area contributed by atoms with E-state index in [0.717, 1.165) is 12.5 Å². The number of ether oxygens (including phenoxy) is 1. The highest BCUT2D eigenvalue weighted by Crippen LogP contribution is 2.31. The minimum atomic E-state index is -0.653. The van der Waals surface area contributed by atoms with Crippen LogP contribution in [0.15, 0.2) is 42.5 Å². The average Bonchev–Trinajstić information content (AvgIpc) is 2.98. The molecular weight excluding hydrogens is 310 g/mol. The molecule has 1 aliphatic carbocycles. The van der Waals surface area contributed by atoms with E-state index in [-0.39, 0.29) is 5.56 Å². The molecule has 0 heterocycles. The summed E-state index contributed by atoms with van der Waals surface area (Å²) in [6.07, 6.45) is 3.46. The van der Waals surface area contributed by atoms with Crippen LogP contribution in [-0.4, -0.2) is 12.6 Å². The summed E-state index contributed by atoms with van der Waals surface area (Å²) in [6, 6.07) is 9.99. The van der Waals surface area contributed by atoms with Crippen LogP contribution in [0.4, 0.5) is 8.78 Å². The molecule has 0 aliphatic heterocycles. The minimum absolute atomic E-state index is 0.260. The van der Waals surface area contributed by atoms with Crippen LogP contribution in [-0.2, 0) is 4.74 Å². The first-order valence-electron chi connectivity index (χ1n) is 8.27. The molecule has 0 radical (unpaired) electrons. The first-order valence-corrected chi connectivity index (χ1v) is 8.27. The topological polar surface area (TPSA) is 26.3 Å². The summed E-state index contributed by atoms with van der Waals surface area (Å²) in [7, 11) is 0. The highest BCUT2D eigenvalue weighted by molar-refractivity contribution is 5.91. The number of esters is 1. The van der Waals surface area contributed by atoms with Crippen LogP contribution in [0.2, 0.25) is 0 Å². The molecule has 2 nitrogen and oxygen atoms in total. The summed E-state index contributed by atoms with van der Waals surface area (Å²) < 4.78 is 32.4. The zero-order valence-corrected chi connectivity index (χ0v) is 13.6. The van der Waals surface area contributed by atoms with Gasteiger partial charge in [0, 0.05) is 11.6 Å². The van der Waals surface area contributed by atoms with Crippen molar-refractivity contribution in [1.29, 1.82) is 0 Å². The van der Waals surface area contributed by atoms with Gasteiger partial charge < -0.3 is 4.74 Å². The van der Waals surface area contributed by atoms with Crippen molar-refractivity contribution >= 4 is 5.97 Å². The highest BCUT2D eigenvalue weighted by atomic mass is 19.1. The molecule has 0 aromatic heterocycles. The van der Waals surface area contributed by atoms with E-state index in [2.05, 4.69) is 6.92 Å². The van der Waals surface area contributed by atoms with Crippen molar-refractivity contribution in [3.05, 3.63) is 59.7 Å². The van der Waals surface area contributed by atoms with E-state index in [1.165, 1.54) is 25.0 Å². The summed E-state index contributed by atoms with van der Waals surface area (Å²) in [5.41, 5.74) is 1.16. The Kier molecular flexibility index (Phi) is 4.93. The highest BCUT2D eigenvalue weighted by Gasteiger charge is 2.24. The SMILES string of the molecule is CC1CCCC1COC(=O)c1cccc(-c2ccc(F)cc2F)c1. The van der Waals surface area contributed by atoms with Crippen molar-refractivity contribution in [2.24, 2.45) is 11.8 Å². The van der Waals surface area contributed by atoms with E-state index in [1.54, 1.807) is 24.3 Å². The molecule has 2 atom stereocenters. The van der Waals surface area contributed by atoms with Crippen molar-refractivity contribution in [1.82, 2.24) is 0 Å². The Morgan fingerprint density at radius 3 is 2.71 bits per heavy atom. The lowest BCUT2D eigenvalue weighted by Gasteiger charge is -2.15. The standard InChI is InChI=1S/C20H20F2O2/c1-13-4-2-7-16(13)12-24-20(23)15-6-3-5-14(10-15)18-9-8-17(21)11-19(18)22/h3,5-6,8-11,13,16H,2,4,7,12H2,1H3. The quantitative estimate of drug-likeness (QED) is 0.718. The maximum Gasteiger partial charge on any atom is 0.338 e. The number of hydrogen-bond donors (Lipinski definition) is 0. The van der Waals surface area contributed by atoms with Gasteiger partial charge in [0.05, 0.1) is 12.2 Å². The largest absolute Gasteiger partial charge is 0.462 e. The van der Waals surface area contributed by atoms with E-state index in [1.807, 2.05) is 0 Å². The first kappa shape index (κ1) is 16.6. The van der Waals surface area contributed by atoms with E-state index in [4.69, 9.17) is 4.74 Å². The van der Waals surface area contributed by atoms with Gasteiger partial charge in [0.2, 0.25) is 0 Å². The number of rotatable bonds is 4. The van der Waals surface area contributed by atoms with Crippen LogP contribution < -0.4 is 0 Å². The van der Waals surface area contributed by atoms with Gasteiger partial charge in [-0.25, -0.2) is 13.6 Å². The number of benzene rings is 2. The fourth-order valence-electron chi connectivity index (χ4n) is 3.27. The van der Waals surface area contributed by atoms with Gasteiger partial charge in [-0.05, 0) is 48.1 Å². The van der Waals surface area contributed by atoms with E-state index in [0.29, 0.717) is 29.6 Å². The molecule has 3 rings (SSSR count). The Morgan fingerprint density at radius 1 is 1.17 bits per heavy atom. The molecular formula is C20H20F2O2. The van der Waals surface area contributed by atoms with Crippen molar-refractivity contribution in [2.45, 2.75) is 26.2 Å². The van der Waals surface area contributed by atoms with Gasteiger partial charge in [-0.15, -0.1) is 0 Å². The molecule has 0 bridgehead atoms. The van der Waals surface area contributed by atoms with Gasteiger partial charge in [0.15, 0.2) is 0 Å². The van der Waals surface area contributed by atoms with Gasteiger partial charge in [0.1, 0.15) is 11.6 Å². The summed E-state index contributed by atoms with van der Waals surface area (Å²) in [5.74, 6) is -0.680. The van der Waals surface area contributed by atoms with E-state index < -0.39 is 17.6 Å². The second kappa shape index (κ2) is 7.12. The van der Waals surface area contributed by atoms with Gasteiger partial charge >= 0.3 is 5.97 Å². The predicted molar refractivity (Wildman–Crippen MR) is 88.6 cm³/mol. The number of carbonyl (C=O) groups excluding carboxylic acids is 1. The second-order valence-electron chi connectivity index (χ2n) is 6.47. The number of carbonyl (C=O) groups is 1. The monoisotopic (exact) mass is 330 g/mol. The Hall–Kier alpha value is -2.23. The molecule has 0 amide bonds. The van der Waals surface area contributed by atoms with Crippen molar-refractivity contribution in [2.75, 3.05) is 6.61 Å². The molecule has 0 N–H and O–H groups in total. The molecule has 1 aliphatic rings. The van der Waals surface area contributed by atoms with E-state index >= 15 is 0 Å². The number of halogens is 2. The van der Waals surface area contributed by atoms with E-state index in [9.17, 15) is 13.6 Å². The third-order valence-electron chi connectivity index (χ3n) is 4.81. The molecule has 4 heteroatoms. The van der Waals surface area contributed by atoms with Crippen molar-refractivity contribution < 1.29 is 18.3 Å². The zero-order valence-electron chi connectivity index (χ0n) is 13.6. The van der Waals surface area contributed by atoms with Crippen molar-refractivity contribution in [3.63, 3.8) is 0 Å². The van der Waals surface area contributed by atoms with Crippen LogP contribution in [0.5, 0.6) is 0 Å². The molecule has 0 saturated heterocycles. The minimum Gasteiger partial charge on any atom is -0.462 e. The Labute approximate surface area is 140 Å². The Bertz CT molecular complexity index is 742. The fraction of sp³-hybridized carbons (Fsp3) is 0.350. The van der Waals surface area contributed by atoms with Crippen LogP contribution in [0.1, 0.15) is 36.5 Å². The van der Waals surface area contributed by atoms with Crippen LogP contribution in [0.25, 0.3) is 11.1 Å². The van der Waals surface area contributed by atoms with Crippen molar-refractivity contribution in [3.8, 4) is 11.1 Å². The molecule has 2 aromatic rings. The average molecular weight is 330 g/mol. The number of hydrogen-bond acceptors (Lipinski definition) is 2. The van der Waals surface area contributed by atoms with Gasteiger partial charge in [0.25, 0.3) is 0 Å².